The Labute approximate surface area is 111 Å². The molecular weight excluding hydrogens is 248 g/mol. The van der Waals surface area contributed by atoms with E-state index in [1.807, 2.05) is 30.2 Å². The molecule has 2 atom stereocenters. The van der Waals surface area contributed by atoms with Crippen molar-refractivity contribution in [1.82, 2.24) is 14.5 Å². The zero-order valence-corrected chi connectivity index (χ0v) is 11.2. The summed E-state index contributed by atoms with van der Waals surface area (Å²) in [6, 6.07) is 1.98. The van der Waals surface area contributed by atoms with E-state index in [4.69, 9.17) is 11.6 Å². The number of fused-ring (bicyclic) bond motifs is 1. The minimum absolute atomic E-state index is 0.357. The molecule has 0 radical (unpaired) electrons. The van der Waals surface area contributed by atoms with Crippen LogP contribution in [0.25, 0.3) is 11.0 Å². The van der Waals surface area contributed by atoms with Gasteiger partial charge < -0.3 is 9.88 Å². The van der Waals surface area contributed by atoms with Crippen LogP contribution in [0.5, 0.6) is 0 Å². The fourth-order valence-electron chi connectivity index (χ4n) is 2.63. The highest BCUT2D eigenvalue weighted by Crippen LogP contribution is 2.29. The van der Waals surface area contributed by atoms with Crippen molar-refractivity contribution in [2.45, 2.75) is 24.6 Å². The zero-order chi connectivity index (χ0) is 12.5. The Balaban J connectivity index is 1.74. The molecule has 0 bridgehead atoms. The third-order valence-electron chi connectivity index (χ3n) is 3.68. The monoisotopic (exact) mass is 264 g/mol. The third-order valence-corrected chi connectivity index (χ3v) is 4.07. The molecule has 3 rings (SSSR count). The largest absolute Gasteiger partial charge is 0.368 e. The molecule has 2 aromatic rings. The summed E-state index contributed by atoms with van der Waals surface area (Å²) in [5.41, 5.74) is 2.05. The third kappa shape index (κ3) is 2.17. The molecule has 96 valence electrons. The smallest absolute Gasteiger partial charge is 0.154 e. The summed E-state index contributed by atoms with van der Waals surface area (Å²) in [6.07, 6.45) is 7.09. The van der Waals surface area contributed by atoms with Gasteiger partial charge in [0.1, 0.15) is 5.52 Å². The van der Waals surface area contributed by atoms with Gasteiger partial charge in [0.05, 0.1) is 11.8 Å². The Kier molecular flexibility index (Phi) is 3.12. The van der Waals surface area contributed by atoms with Crippen LogP contribution in [0.2, 0.25) is 0 Å². The van der Waals surface area contributed by atoms with Crippen LogP contribution < -0.4 is 5.32 Å². The van der Waals surface area contributed by atoms with Gasteiger partial charge in [-0.2, -0.15) is 0 Å². The molecule has 5 heteroatoms. The van der Waals surface area contributed by atoms with Gasteiger partial charge in [0.15, 0.2) is 5.82 Å². The molecule has 0 amide bonds. The summed E-state index contributed by atoms with van der Waals surface area (Å²) in [5.74, 6) is 1.54. The van der Waals surface area contributed by atoms with Crippen molar-refractivity contribution in [1.29, 1.82) is 0 Å². The average molecular weight is 265 g/mol. The van der Waals surface area contributed by atoms with Gasteiger partial charge in [-0.1, -0.05) is 0 Å². The molecule has 2 aromatic heterocycles. The van der Waals surface area contributed by atoms with Crippen LogP contribution in [-0.4, -0.2) is 26.5 Å². The van der Waals surface area contributed by atoms with Crippen LogP contribution in [0.15, 0.2) is 18.6 Å². The molecule has 1 aliphatic carbocycles. The number of aromatic nitrogens is 3. The Hall–Kier alpha value is -1.29. The minimum Gasteiger partial charge on any atom is -0.368 e. The lowest BCUT2D eigenvalue weighted by atomic mass is 10.1. The maximum atomic E-state index is 6.13. The summed E-state index contributed by atoms with van der Waals surface area (Å²) in [4.78, 5) is 8.77. The van der Waals surface area contributed by atoms with E-state index in [1.54, 1.807) is 0 Å². The lowest BCUT2D eigenvalue weighted by molar-refractivity contribution is 0.580. The predicted octanol–water partition coefficient (Wildman–Crippen LogP) is 2.79. The van der Waals surface area contributed by atoms with Crippen LogP contribution >= 0.6 is 11.6 Å². The number of nitrogens with one attached hydrogen (secondary N) is 1. The molecule has 0 spiro atoms. The van der Waals surface area contributed by atoms with E-state index in [2.05, 4.69) is 15.3 Å². The summed E-state index contributed by atoms with van der Waals surface area (Å²) < 4.78 is 2.01. The van der Waals surface area contributed by atoms with Gasteiger partial charge in [-0.3, -0.25) is 0 Å². The second kappa shape index (κ2) is 4.76. The molecule has 1 fully saturated rings. The van der Waals surface area contributed by atoms with E-state index in [1.165, 1.54) is 6.42 Å². The van der Waals surface area contributed by atoms with Crippen LogP contribution in [0.4, 0.5) is 5.82 Å². The molecule has 1 aliphatic rings. The lowest BCUT2D eigenvalue weighted by Gasteiger charge is -2.11. The first-order valence-corrected chi connectivity index (χ1v) is 6.81. The SMILES string of the molecule is Cn1cnc2c(NCC3CCC(Cl)C3)nccc21. The first-order chi connectivity index (χ1) is 8.74. The highest BCUT2D eigenvalue weighted by Gasteiger charge is 2.22. The summed E-state index contributed by atoms with van der Waals surface area (Å²) >= 11 is 6.13. The summed E-state index contributed by atoms with van der Waals surface area (Å²) in [7, 11) is 1.99. The van der Waals surface area contributed by atoms with E-state index in [0.717, 1.165) is 36.2 Å². The number of hydrogen-bond acceptors (Lipinski definition) is 3. The van der Waals surface area contributed by atoms with E-state index >= 15 is 0 Å². The van der Waals surface area contributed by atoms with Gasteiger partial charge in [0, 0.05) is 25.2 Å². The normalized spacial score (nSPS) is 23.7. The number of hydrogen-bond donors (Lipinski definition) is 1. The maximum absolute atomic E-state index is 6.13. The van der Waals surface area contributed by atoms with Crippen molar-refractivity contribution < 1.29 is 0 Å². The molecule has 0 aliphatic heterocycles. The first kappa shape index (κ1) is 11.8. The van der Waals surface area contributed by atoms with Crippen molar-refractivity contribution in [3.63, 3.8) is 0 Å². The molecule has 1 saturated carbocycles. The summed E-state index contributed by atoms with van der Waals surface area (Å²) in [6.45, 7) is 0.936. The Bertz CT molecular complexity index is 551. The Morgan fingerprint density at radius 2 is 2.33 bits per heavy atom. The van der Waals surface area contributed by atoms with Crippen LogP contribution in [0, 0.1) is 5.92 Å². The van der Waals surface area contributed by atoms with Gasteiger partial charge in [-0.15, -0.1) is 11.6 Å². The molecule has 2 unspecified atom stereocenters. The van der Waals surface area contributed by atoms with Crippen molar-refractivity contribution >= 4 is 28.5 Å². The van der Waals surface area contributed by atoms with Gasteiger partial charge in [-0.25, -0.2) is 9.97 Å². The van der Waals surface area contributed by atoms with Crippen LogP contribution in [-0.2, 0) is 7.05 Å². The molecular formula is C13H17ClN4. The fraction of sp³-hybridized carbons (Fsp3) is 0.538. The Morgan fingerprint density at radius 3 is 3.11 bits per heavy atom. The molecule has 0 saturated heterocycles. The number of anilines is 1. The topological polar surface area (TPSA) is 42.7 Å². The maximum Gasteiger partial charge on any atom is 0.154 e. The quantitative estimate of drug-likeness (QED) is 0.867. The zero-order valence-electron chi connectivity index (χ0n) is 10.4. The van der Waals surface area contributed by atoms with Gasteiger partial charge >= 0.3 is 0 Å². The molecule has 0 aromatic carbocycles. The molecule has 2 heterocycles. The van der Waals surface area contributed by atoms with Crippen molar-refractivity contribution in [3.05, 3.63) is 18.6 Å². The van der Waals surface area contributed by atoms with Crippen LogP contribution in [0.1, 0.15) is 19.3 Å². The molecule has 4 nitrogen and oxygen atoms in total. The van der Waals surface area contributed by atoms with Gasteiger partial charge in [-0.05, 0) is 31.2 Å². The van der Waals surface area contributed by atoms with Gasteiger partial charge in [0.2, 0.25) is 0 Å². The molecule has 1 N–H and O–H groups in total. The highest BCUT2D eigenvalue weighted by molar-refractivity contribution is 6.20. The second-order valence-corrected chi connectivity index (χ2v) is 5.66. The van der Waals surface area contributed by atoms with Crippen molar-refractivity contribution in [2.24, 2.45) is 13.0 Å². The number of aryl methyl sites for hydroxylation is 1. The average Bonchev–Trinajstić information content (AvgIpc) is 2.94. The number of alkyl halides is 1. The van der Waals surface area contributed by atoms with E-state index in [9.17, 15) is 0 Å². The Morgan fingerprint density at radius 1 is 1.44 bits per heavy atom. The minimum atomic E-state index is 0.357. The lowest BCUT2D eigenvalue weighted by Crippen LogP contribution is -2.12. The van der Waals surface area contributed by atoms with E-state index in [-0.39, 0.29) is 0 Å². The van der Waals surface area contributed by atoms with Crippen LogP contribution in [0.3, 0.4) is 0 Å². The first-order valence-electron chi connectivity index (χ1n) is 6.38. The van der Waals surface area contributed by atoms with Crippen molar-refractivity contribution in [3.8, 4) is 0 Å². The number of imidazole rings is 1. The number of halogens is 1. The van der Waals surface area contributed by atoms with Crippen molar-refractivity contribution in [2.75, 3.05) is 11.9 Å². The van der Waals surface area contributed by atoms with Gasteiger partial charge in [0.25, 0.3) is 0 Å². The van der Waals surface area contributed by atoms with E-state index in [0.29, 0.717) is 11.3 Å². The standard InChI is InChI=1S/C13H17ClN4/c1-18-8-17-12-11(18)4-5-15-13(12)16-7-9-2-3-10(14)6-9/h4-5,8-10H,2-3,6-7H2,1H3,(H,15,16). The number of rotatable bonds is 3. The number of pyridine rings is 1. The van der Waals surface area contributed by atoms with E-state index < -0.39 is 0 Å². The predicted molar refractivity (Wildman–Crippen MR) is 74.0 cm³/mol. The highest BCUT2D eigenvalue weighted by atomic mass is 35.5. The number of nitrogens with zero attached hydrogens (tertiary/aromatic N) is 3. The molecule has 18 heavy (non-hydrogen) atoms. The summed E-state index contributed by atoms with van der Waals surface area (Å²) in [5, 5.41) is 3.77. The fourth-order valence-corrected chi connectivity index (χ4v) is 3.01. The second-order valence-electron chi connectivity index (χ2n) is 5.04.